The summed E-state index contributed by atoms with van der Waals surface area (Å²) in [5, 5.41) is 1.39. The molecule has 3 aliphatic rings. The van der Waals surface area contributed by atoms with Crippen molar-refractivity contribution in [1.29, 1.82) is 0 Å². The molecule has 1 heterocycles. The van der Waals surface area contributed by atoms with Gasteiger partial charge in [0, 0.05) is 14.2 Å². The van der Waals surface area contributed by atoms with Crippen LogP contribution in [0.25, 0.3) is 5.57 Å². The molecule has 1 aromatic rings. The van der Waals surface area contributed by atoms with Crippen LogP contribution >= 0.6 is 0 Å². The molecule has 1 aliphatic heterocycles. The van der Waals surface area contributed by atoms with Crippen molar-refractivity contribution in [1.82, 2.24) is 5.06 Å². The molecule has 2 aliphatic carbocycles. The van der Waals surface area contributed by atoms with E-state index in [1.54, 1.807) is 7.11 Å². The first-order valence-corrected chi connectivity index (χ1v) is 11.5. The molecule has 4 rings (SSSR count). The molecular formula is C25H33NO7. The zero-order chi connectivity index (χ0) is 23.6. The monoisotopic (exact) mass is 459 g/mol. The lowest BCUT2D eigenvalue weighted by molar-refractivity contribution is -0.252. The lowest BCUT2D eigenvalue weighted by Gasteiger charge is -2.42. The van der Waals surface area contributed by atoms with E-state index in [1.165, 1.54) is 12.2 Å². The molecule has 0 atom stereocenters. The van der Waals surface area contributed by atoms with Crippen molar-refractivity contribution in [2.45, 2.75) is 64.0 Å². The second kappa shape index (κ2) is 9.93. The summed E-state index contributed by atoms with van der Waals surface area (Å²) in [5.41, 5.74) is 2.20. The average molecular weight is 460 g/mol. The van der Waals surface area contributed by atoms with Crippen LogP contribution in [-0.2, 0) is 33.4 Å². The number of methoxy groups -OCH3 is 2. The lowest BCUT2D eigenvalue weighted by atomic mass is 9.78. The third kappa shape index (κ3) is 4.57. The first-order chi connectivity index (χ1) is 15.9. The van der Waals surface area contributed by atoms with E-state index in [0.717, 1.165) is 29.5 Å². The van der Waals surface area contributed by atoms with Crippen LogP contribution in [0.5, 0.6) is 0 Å². The number of hydroxylamine groups is 2. The number of benzene rings is 1. The number of hydrogen-bond donors (Lipinski definition) is 0. The summed E-state index contributed by atoms with van der Waals surface area (Å²) in [6, 6.07) is 5.88. The Morgan fingerprint density at radius 2 is 1.67 bits per heavy atom. The highest BCUT2D eigenvalue weighted by atomic mass is 16.8. The molecule has 8 heteroatoms. The van der Waals surface area contributed by atoms with Gasteiger partial charge >= 0.3 is 5.97 Å². The Hall–Kier alpha value is -2.26. The average Bonchev–Trinajstić information content (AvgIpc) is 3.63. The van der Waals surface area contributed by atoms with E-state index >= 15 is 0 Å². The Bertz CT molecular complexity index is 908. The molecule has 33 heavy (non-hydrogen) atoms. The highest BCUT2D eigenvalue weighted by Crippen LogP contribution is 2.51. The summed E-state index contributed by atoms with van der Waals surface area (Å²) in [6.45, 7) is 4.06. The molecule has 1 amide bonds. The standard InChI is InChI=1S/C25H33NO7/c1-16-6-5-7-17(2)20(16)21-22(33-24(28)18-8-9-18)25(26(23(21)27)32-15-30-4)12-10-19(11-13-25)31-14-29-3/h5-7,18-19H,8-15H2,1-4H3. The van der Waals surface area contributed by atoms with Gasteiger partial charge in [0.05, 0.1) is 17.6 Å². The largest absolute Gasteiger partial charge is 0.427 e. The molecule has 1 spiro atoms. The maximum absolute atomic E-state index is 13.9. The minimum Gasteiger partial charge on any atom is -0.427 e. The molecule has 1 aromatic carbocycles. The smallest absolute Gasteiger partial charge is 0.314 e. The van der Waals surface area contributed by atoms with Crippen LogP contribution in [0.15, 0.2) is 24.0 Å². The quantitative estimate of drug-likeness (QED) is 0.412. The Morgan fingerprint density at radius 3 is 2.24 bits per heavy atom. The molecule has 0 radical (unpaired) electrons. The summed E-state index contributed by atoms with van der Waals surface area (Å²) in [4.78, 5) is 32.6. The normalized spacial score (nSPS) is 25.3. The molecule has 180 valence electrons. The van der Waals surface area contributed by atoms with E-state index in [-0.39, 0.29) is 37.5 Å². The number of carbonyl (C=O) groups excluding carboxylic acids is 2. The van der Waals surface area contributed by atoms with E-state index in [0.29, 0.717) is 37.0 Å². The van der Waals surface area contributed by atoms with Gasteiger partial charge in [0.15, 0.2) is 6.79 Å². The minimum atomic E-state index is -0.892. The second-order valence-electron chi connectivity index (χ2n) is 9.11. The van der Waals surface area contributed by atoms with Crippen molar-refractivity contribution in [3.63, 3.8) is 0 Å². The van der Waals surface area contributed by atoms with E-state index in [9.17, 15) is 9.59 Å². The highest BCUT2D eigenvalue weighted by molar-refractivity contribution is 6.23. The predicted octanol–water partition coefficient (Wildman–Crippen LogP) is 3.65. The Balaban J connectivity index is 1.79. The van der Waals surface area contributed by atoms with E-state index < -0.39 is 5.54 Å². The van der Waals surface area contributed by atoms with Gasteiger partial charge in [-0.2, -0.15) is 0 Å². The number of carbonyl (C=O) groups is 2. The van der Waals surface area contributed by atoms with Crippen LogP contribution in [0.1, 0.15) is 55.2 Å². The van der Waals surface area contributed by atoms with E-state index in [4.69, 9.17) is 23.8 Å². The van der Waals surface area contributed by atoms with Crippen molar-refractivity contribution in [3.05, 3.63) is 40.6 Å². The first kappa shape index (κ1) is 23.9. The summed E-state index contributed by atoms with van der Waals surface area (Å²) in [6.07, 6.45) is 4.07. The number of aryl methyl sites for hydroxylation is 2. The van der Waals surface area contributed by atoms with Gasteiger partial charge in [0.25, 0.3) is 5.91 Å². The van der Waals surface area contributed by atoms with Gasteiger partial charge in [0.2, 0.25) is 0 Å². The third-order valence-corrected chi connectivity index (χ3v) is 6.76. The lowest BCUT2D eigenvalue weighted by Crippen LogP contribution is -2.52. The van der Waals surface area contributed by atoms with Crippen molar-refractivity contribution in [3.8, 4) is 0 Å². The van der Waals surface area contributed by atoms with Crippen molar-refractivity contribution >= 4 is 17.4 Å². The van der Waals surface area contributed by atoms with Crippen LogP contribution < -0.4 is 0 Å². The number of hydrogen-bond acceptors (Lipinski definition) is 7. The summed E-state index contributed by atoms with van der Waals surface area (Å²) < 4.78 is 22.1. The van der Waals surface area contributed by atoms with Gasteiger partial charge in [-0.15, -0.1) is 0 Å². The van der Waals surface area contributed by atoms with Gasteiger partial charge in [-0.05, 0) is 69.1 Å². The van der Waals surface area contributed by atoms with Gasteiger partial charge in [-0.1, -0.05) is 18.2 Å². The second-order valence-corrected chi connectivity index (χ2v) is 9.11. The van der Waals surface area contributed by atoms with Crippen molar-refractivity contribution in [2.75, 3.05) is 27.8 Å². The van der Waals surface area contributed by atoms with Crippen molar-refractivity contribution in [2.24, 2.45) is 5.92 Å². The Labute approximate surface area is 194 Å². The number of ether oxygens (including phenoxy) is 4. The van der Waals surface area contributed by atoms with Gasteiger partial charge < -0.3 is 18.9 Å². The fourth-order valence-corrected chi connectivity index (χ4v) is 4.91. The topological polar surface area (TPSA) is 83.5 Å². The van der Waals surface area contributed by atoms with E-state index in [2.05, 4.69) is 0 Å². The fourth-order valence-electron chi connectivity index (χ4n) is 4.91. The molecule has 0 saturated heterocycles. The Morgan fingerprint density at radius 1 is 1.03 bits per heavy atom. The zero-order valence-electron chi connectivity index (χ0n) is 19.8. The summed E-state index contributed by atoms with van der Waals surface area (Å²) >= 11 is 0. The van der Waals surface area contributed by atoms with Gasteiger partial charge in [-0.3, -0.25) is 9.59 Å². The predicted molar refractivity (Wildman–Crippen MR) is 119 cm³/mol. The molecule has 0 N–H and O–H groups in total. The SMILES string of the molecule is COCOC1CCC2(CC1)C(OC(=O)C1CC1)=C(c1c(C)cccc1C)C(=O)N2OCOC. The maximum atomic E-state index is 13.9. The molecular weight excluding hydrogens is 426 g/mol. The van der Waals surface area contributed by atoms with Crippen molar-refractivity contribution < 1.29 is 33.4 Å². The number of esters is 1. The molecule has 2 fully saturated rings. The van der Waals surface area contributed by atoms with Crippen LogP contribution in [-0.4, -0.2) is 56.4 Å². The molecule has 0 aromatic heterocycles. The molecule has 0 bridgehead atoms. The third-order valence-electron chi connectivity index (χ3n) is 6.76. The first-order valence-electron chi connectivity index (χ1n) is 11.5. The maximum Gasteiger partial charge on any atom is 0.314 e. The van der Waals surface area contributed by atoms with Crippen LogP contribution in [0.2, 0.25) is 0 Å². The molecule has 0 unspecified atom stereocenters. The summed E-state index contributed by atoms with van der Waals surface area (Å²) in [7, 11) is 3.10. The van der Waals surface area contributed by atoms with Crippen LogP contribution in [0.4, 0.5) is 0 Å². The number of amides is 1. The number of rotatable bonds is 9. The minimum absolute atomic E-state index is 0.000386. The number of nitrogens with zero attached hydrogens (tertiary/aromatic N) is 1. The van der Waals surface area contributed by atoms with Gasteiger partial charge in [-0.25, -0.2) is 9.90 Å². The van der Waals surface area contributed by atoms with Crippen LogP contribution in [0.3, 0.4) is 0 Å². The highest BCUT2D eigenvalue weighted by Gasteiger charge is 2.57. The van der Waals surface area contributed by atoms with Gasteiger partial charge in [0.1, 0.15) is 18.1 Å². The molecule has 8 nitrogen and oxygen atoms in total. The zero-order valence-corrected chi connectivity index (χ0v) is 19.8. The Kier molecular flexibility index (Phi) is 7.19. The van der Waals surface area contributed by atoms with Crippen LogP contribution in [0, 0.1) is 19.8 Å². The fraction of sp³-hybridized carbons (Fsp3) is 0.600. The summed E-state index contributed by atoms with van der Waals surface area (Å²) in [5.74, 6) is -0.270. The van der Waals surface area contributed by atoms with E-state index in [1.807, 2.05) is 32.0 Å². The molecule has 2 saturated carbocycles.